The Balaban J connectivity index is 2.11. The Hall–Kier alpha value is -3.14. The van der Waals surface area contributed by atoms with E-state index < -0.39 is 0 Å². The van der Waals surface area contributed by atoms with Crippen molar-refractivity contribution in [2.45, 2.75) is 44.6 Å². The highest BCUT2D eigenvalue weighted by Crippen LogP contribution is 2.43. The van der Waals surface area contributed by atoms with Crippen LogP contribution >= 0.6 is 0 Å². The van der Waals surface area contributed by atoms with Gasteiger partial charge in [-0.2, -0.15) is 0 Å². The van der Waals surface area contributed by atoms with Crippen LogP contribution in [0.5, 0.6) is 0 Å². The topological polar surface area (TPSA) is 57.0 Å². The quantitative estimate of drug-likeness (QED) is 0.422. The van der Waals surface area contributed by atoms with Gasteiger partial charge in [0, 0.05) is 35.6 Å². The van der Waals surface area contributed by atoms with Crippen molar-refractivity contribution in [3.8, 4) is 0 Å². The van der Waals surface area contributed by atoms with Crippen LogP contribution in [0.1, 0.15) is 49.7 Å². The second kappa shape index (κ2) is 9.78. The van der Waals surface area contributed by atoms with E-state index in [4.69, 9.17) is 9.98 Å². The van der Waals surface area contributed by atoms with E-state index in [1.165, 1.54) is 5.56 Å². The van der Waals surface area contributed by atoms with Crippen LogP contribution in [0, 0.1) is 5.41 Å². The Morgan fingerprint density at radius 1 is 1.29 bits per heavy atom. The summed E-state index contributed by atoms with van der Waals surface area (Å²) in [6.45, 7) is 18.6. The molecule has 1 aromatic carbocycles. The first-order valence-electron chi connectivity index (χ1n) is 10.9. The van der Waals surface area contributed by atoms with Crippen LogP contribution in [0.25, 0.3) is 0 Å². The molecular weight excluding hydrogens is 382 g/mol. The molecular formula is C27H33N3O. The maximum absolute atomic E-state index is 9.72. The lowest BCUT2D eigenvalue weighted by molar-refractivity contribution is 0.288. The molecule has 4 nitrogen and oxygen atoms in total. The number of aliphatic hydroxyl groups is 1. The fourth-order valence-corrected chi connectivity index (χ4v) is 4.61. The normalized spacial score (nSPS) is 27.5. The molecule has 3 unspecified atom stereocenters. The molecule has 2 heterocycles. The van der Waals surface area contributed by atoms with Crippen molar-refractivity contribution in [2.75, 3.05) is 6.54 Å². The number of allylic oxidation sites excluding steroid dienone is 3. The van der Waals surface area contributed by atoms with E-state index in [1.807, 2.05) is 18.2 Å². The lowest BCUT2D eigenvalue weighted by Gasteiger charge is -2.35. The van der Waals surface area contributed by atoms with Gasteiger partial charge in [-0.1, -0.05) is 63.1 Å². The number of hydrogen-bond donors (Lipinski definition) is 2. The minimum atomic E-state index is -0.235. The molecule has 3 atom stereocenters. The van der Waals surface area contributed by atoms with Crippen molar-refractivity contribution in [3.05, 3.63) is 97.6 Å². The average molecular weight is 416 g/mol. The summed E-state index contributed by atoms with van der Waals surface area (Å²) in [5.41, 5.74) is 4.69. The van der Waals surface area contributed by atoms with Crippen molar-refractivity contribution in [1.82, 2.24) is 5.32 Å². The number of hydrogen-bond acceptors (Lipinski definition) is 4. The van der Waals surface area contributed by atoms with E-state index in [2.05, 4.69) is 68.9 Å². The molecule has 2 N–H and O–H groups in total. The molecule has 0 saturated heterocycles. The zero-order valence-electron chi connectivity index (χ0n) is 18.5. The zero-order valence-corrected chi connectivity index (χ0v) is 18.5. The van der Waals surface area contributed by atoms with E-state index in [1.54, 1.807) is 0 Å². The summed E-state index contributed by atoms with van der Waals surface area (Å²) >= 11 is 0. The third-order valence-electron chi connectivity index (χ3n) is 6.19. The molecule has 1 aromatic rings. The second-order valence-electron chi connectivity index (χ2n) is 8.34. The van der Waals surface area contributed by atoms with Gasteiger partial charge in [0.25, 0.3) is 0 Å². The first kappa shape index (κ1) is 22.5. The molecule has 3 rings (SSSR count). The lowest BCUT2D eigenvalue weighted by atomic mass is 9.73. The molecule has 0 aromatic heterocycles. The van der Waals surface area contributed by atoms with Gasteiger partial charge in [0.05, 0.1) is 17.5 Å². The Morgan fingerprint density at radius 2 is 2.06 bits per heavy atom. The van der Waals surface area contributed by atoms with Gasteiger partial charge in [-0.05, 0) is 43.6 Å². The monoisotopic (exact) mass is 415 g/mol. The molecule has 0 spiro atoms. The minimum absolute atomic E-state index is 0.0215. The molecule has 31 heavy (non-hydrogen) atoms. The second-order valence-corrected chi connectivity index (χ2v) is 8.34. The Kier molecular flexibility index (Phi) is 7.11. The van der Waals surface area contributed by atoms with Gasteiger partial charge in [-0.3, -0.25) is 9.98 Å². The molecule has 0 bridgehead atoms. The number of rotatable bonds is 7. The van der Waals surface area contributed by atoms with Gasteiger partial charge in [0.15, 0.2) is 5.88 Å². The van der Waals surface area contributed by atoms with Crippen molar-refractivity contribution in [2.24, 2.45) is 15.4 Å². The Bertz CT molecular complexity index is 968. The number of benzene rings is 1. The van der Waals surface area contributed by atoms with Crippen molar-refractivity contribution < 1.29 is 5.11 Å². The van der Waals surface area contributed by atoms with Gasteiger partial charge in [-0.25, -0.2) is 0 Å². The van der Waals surface area contributed by atoms with Gasteiger partial charge in [0.1, 0.15) is 0 Å². The van der Waals surface area contributed by atoms with Gasteiger partial charge in [0.2, 0.25) is 0 Å². The molecule has 162 valence electrons. The van der Waals surface area contributed by atoms with Crippen molar-refractivity contribution in [3.63, 3.8) is 0 Å². The smallest absolute Gasteiger partial charge is 0.176 e. The summed E-state index contributed by atoms with van der Waals surface area (Å²) < 4.78 is 0. The van der Waals surface area contributed by atoms with E-state index in [-0.39, 0.29) is 23.3 Å². The zero-order chi connectivity index (χ0) is 22.4. The molecule has 0 amide bonds. The predicted molar refractivity (Wildman–Crippen MR) is 132 cm³/mol. The maximum atomic E-state index is 9.72. The fourth-order valence-electron chi connectivity index (χ4n) is 4.61. The Morgan fingerprint density at radius 3 is 2.74 bits per heavy atom. The summed E-state index contributed by atoms with van der Waals surface area (Å²) in [7, 11) is 0. The minimum Gasteiger partial charge on any atom is -0.495 e. The van der Waals surface area contributed by atoms with Crippen LogP contribution in [-0.4, -0.2) is 29.1 Å². The maximum Gasteiger partial charge on any atom is 0.176 e. The fraction of sp³-hybridized carbons (Fsp3) is 0.333. The molecule has 2 aliphatic heterocycles. The van der Waals surface area contributed by atoms with Crippen LogP contribution in [0.15, 0.2) is 96.5 Å². The van der Waals surface area contributed by atoms with E-state index in [0.717, 1.165) is 41.9 Å². The van der Waals surface area contributed by atoms with Crippen molar-refractivity contribution >= 4 is 11.4 Å². The number of nitrogens with zero attached hydrogens (tertiary/aromatic N) is 2. The van der Waals surface area contributed by atoms with Crippen LogP contribution < -0.4 is 5.32 Å². The molecule has 0 saturated carbocycles. The van der Waals surface area contributed by atoms with Crippen LogP contribution in [0.4, 0.5) is 0 Å². The summed E-state index contributed by atoms with van der Waals surface area (Å²) in [4.78, 5) is 9.90. The number of aliphatic hydroxyl groups excluding tert-OH is 1. The molecule has 2 aliphatic rings. The highest BCUT2D eigenvalue weighted by atomic mass is 16.3. The molecule has 0 aliphatic carbocycles. The first-order chi connectivity index (χ1) is 14.9. The molecule has 4 heteroatoms. The highest BCUT2D eigenvalue weighted by molar-refractivity contribution is 6.10. The third-order valence-corrected chi connectivity index (χ3v) is 6.19. The van der Waals surface area contributed by atoms with Crippen LogP contribution in [-0.2, 0) is 0 Å². The van der Waals surface area contributed by atoms with E-state index >= 15 is 0 Å². The van der Waals surface area contributed by atoms with Gasteiger partial charge >= 0.3 is 0 Å². The lowest BCUT2D eigenvalue weighted by Crippen LogP contribution is -2.35. The summed E-state index contributed by atoms with van der Waals surface area (Å²) in [6, 6.07) is 8.29. The van der Waals surface area contributed by atoms with Crippen LogP contribution in [0.3, 0.4) is 0 Å². The standard InChI is InChI=1S/C27H33N3O/c1-6-9-15-27(18-28-20(5)31)16-14-24-22-12-10-11-13-23(22)25(8-3)30-26(24)19(4)29-21(7-2)17-27/h7-13,15,24,26,28,31H,2-6,14,16-18H2,1H3/b15-9-,29-21-. The summed E-state index contributed by atoms with van der Waals surface area (Å²) in [5, 5.41) is 12.8. The van der Waals surface area contributed by atoms with Gasteiger partial charge in [-0.15, -0.1) is 0 Å². The average Bonchev–Trinajstić information content (AvgIpc) is 2.83. The predicted octanol–water partition coefficient (Wildman–Crippen LogP) is 6.02. The third kappa shape index (κ3) is 4.96. The van der Waals surface area contributed by atoms with E-state index in [9.17, 15) is 5.11 Å². The highest BCUT2D eigenvalue weighted by Gasteiger charge is 2.37. The summed E-state index contributed by atoms with van der Waals surface area (Å²) in [5.74, 6) is 0.152. The SMILES string of the molecule is C=CC1=NC2C(=C)/N=C(/C=C)CC(/C=C\CC)(CNC(=C)O)CCC2c2ccccc21. The number of fused-ring (bicyclic) bond motifs is 3. The first-order valence-corrected chi connectivity index (χ1v) is 10.9. The molecule has 0 fully saturated rings. The number of nitrogens with one attached hydrogen (secondary N) is 1. The van der Waals surface area contributed by atoms with Crippen LogP contribution in [0.2, 0.25) is 0 Å². The van der Waals surface area contributed by atoms with E-state index in [0.29, 0.717) is 13.0 Å². The van der Waals surface area contributed by atoms with Crippen molar-refractivity contribution in [1.29, 1.82) is 0 Å². The molecule has 0 radical (unpaired) electrons. The Labute approximate surface area is 186 Å². The number of aliphatic imine (C=N–C) groups is 2. The largest absolute Gasteiger partial charge is 0.495 e. The van der Waals surface area contributed by atoms with Gasteiger partial charge < -0.3 is 10.4 Å². The summed E-state index contributed by atoms with van der Waals surface area (Å²) in [6.07, 6.45) is 11.5.